The summed E-state index contributed by atoms with van der Waals surface area (Å²) in [6, 6.07) is 8.52. The number of benzene rings is 1. The molecule has 1 aromatic carbocycles. The molecule has 2 aliphatic heterocycles. The third-order valence-electron chi connectivity index (χ3n) is 6.44. The number of hydrogen-bond acceptors (Lipinski definition) is 4. The number of para-hydroxylation sites is 1. The first-order valence-electron chi connectivity index (χ1n) is 11.5. The lowest BCUT2D eigenvalue weighted by Crippen LogP contribution is -2.54. The molecule has 0 aromatic heterocycles. The molecule has 0 aliphatic carbocycles. The Morgan fingerprint density at radius 1 is 0.966 bits per heavy atom. The van der Waals surface area contributed by atoms with Gasteiger partial charge in [0.2, 0.25) is 5.91 Å². The zero-order chi connectivity index (χ0) is 20.6. The van der Waals surface area contributed by atoms with Crippen LogP contribution < -0.4 is 10.2 Å². The number of rotatable bonds is 11. The average Bonchev–Trinajstić information content (AvgIpc) is 3.00. The zero-order valence-corrected chi connectivity index (χ0v) is 17.7. The smallest absolute Gasteiger partial charge is 0.251 e. The van der Waals surface area contributed by atoms with E-state index in [0.717, 1.165) is 25.7 Å². The van der Waals surface area contributed by atoms with E-state index in [-0.39, 0.29) is 23.8 Å². The molecular weight excluding hydrogens is 364 g/mol. The second kappa shape index (κ2) is 10.9. The number of unbranched alkanes of at least 4 members (excludes halogenated alkanes) is 7. The summed E-state index contributed by atoms with van der Waals surface area (Å²) in [4.78, 5) is 27.0. The van der Waals surface area contributed by atoms with Gasteiger partial charge in [-0.05, 0) is 31.4 Å². The summed E-state index contributed by atoms with van der Waals surface area (Å²) < 4.78 is 0. The van der Waals surface area contributed by atoms with Crippen LogP contribution in [0.2, 0.25) is 0 Å². The van der Waals surface area contributed by atoms with Gasteiger partial charge in [0.15, 0.2) is 0 Å². The molecule has 5 heteroatoms. The Morgan fingerprint density at radius 2 is 1.62 bits per heavy atom. The SMILES string of the molecule is CCCCCCCCCC[C@@H](O)C1CC[C@H]2C(=O)N(c3ccccc3)C(=O)[C@H]2N1. The molecule has 160 valence electrons. The van der Waals surface area contributed by atoms with Gasteiger partial charge in [0.05, 0.1) is 23.8 Å². The summed E-state index contributed by atoms with van der Waals surface area (Å²) in [6.07, 6.45) is 11.6. The first-order chi connectivity index (χ1) is 14.1. The molecular formula is C24H36N2O3. The predicted octanol–water partition coefficient (Wildman–Crippen LogP) is 4.19. The maximum Gasteiger partial charge on any atom is 0.251 e. The minimum atomic E-state index is -0.505. The molecule has 0 saturated carbocycles. The standard InChI is InChI=1S/C24H36N2O3/c1-2-3-4-5-6-7-8-12-15-21(27)20-17-16-19-22(25-20)24(29)26(23(19)28)18-13-10-9-11-14-18/h9-11,13-14,19-22,25,27H,2-8,12,15-17H2,1H3/t19-,20?,21-,22+/m1/s1. The highest BCUT2D eigenvalue weighted by molar-refractivity contribution is 6.23. The van der Waals surface area contributed by atoms with Crippen LogP contribution in [0.25, 0.3) is 0 Å². The fourth-order valence-corrected chi connectivity index (χ4v) is 4.70. The number of nitrogens with zero attached hydrogens (tertiary/aromatic N) is 1. The molecule has 2 aliphatic rings. The van der Waals surface area contributed by atoms with Crippen LogP contribution in [0.4, 0.5) is 5.69 Å². The van der Waals surface area contributed by atoms with Crippen molar-refractivity contribution in [2.45, 2.75) is 95.7 Å². The summed E-state index contributed by atoms with van der Waals surface area (Å²) in [6.45, 7) is 2.23. The third-order valence-corrected chi connectivity index (χ3v) is 6.44. The van der Waals surface area contributed by atoms with E-state index >= 15 is 0 Å². The highest BCUT2D eigenvalue weighted by Gasteiger charge is 2.51. The molecule has 4 atom stereocenters. The number of piperidine rings is 1. The second-order valence-electron chi connectivity index (χ2n) is 8.61. The van der Waals surface area contributed by atoms with Crippen molar-refractivity contribution < 1.29 is 14.7 Å². The Labute approximate surface area is 174 Å². The van der Waals surface area contributed by atoms with Gasteiger partial charge in [0.25, 0.3) is 5.91 Å². The largest absolute Gasteiger partial charge is 0.392 e. The molecule has 2 heterocycles. The van der Waals surface area contributed by atoms with E-state index < -0.39 is 12.1 Å². The van der Waals surface area contributed by atoms with Crippen molar-refractivity contribution >= 4 is 17.5 Å². The van der Waals surface area contributed by atoms with Crippen molar-refractivity contribution in [1.82, 2.24) is 5.32 Å². The van der Waals surface area contributed by atoms with Crippen LogP contribution in [0.5, 0.6) is 0 Å². The summed E-state index contributed by atoms with van der Waals surface area (Å²) in [7, 11) is 0. The minimum Gasteiger partial charge on any atom is -0.392 e. The summed E-state index contributed by atoms with van der Waals surface area (Å²) in [5.41, 5.74) is 0.634. The fraction of sp³-hybridized carbons (Fsp3) is 0.667. The Kier molecular flexibility index (Phi) is 8.25. The van der Waals surface area contributed by atoms with Crippen LogP contribution in [-0.2, 0) is 9.59 Å². The molecule has 1 unspecified atom stereocenters. The molecule has 2 fully saturated rings. The normalized spacial score (nSPS) is 25.3. The van der Waals surface area contributed by atoms with E-state index in [9.17, 15) is 14.7 Å². The molecule has 2 N–H and O–H groups in total. The van der Waals surface area contributed by atoms with E-state index in [1.807, 2.05) is 18.2 Å². The number of hydrogen-bond donors (Lipinski definition) is 2. The average molecular weight is 401 g/mol. The van der Waals surface area contributed by atoms with Crippen LogP contribution >= 0.6 is 0 Å². The molecule has 2 saturated heterocycles. The number of carbonyl (C=O) groups excluding carboxylic acids is 2. The quantitative estimate of drug-likeness (QED) is 0.432. The highest BCUT2D eigenvalue weighted by Crippen LogP contribution is 2.33. The van der Waals surface area contributed by atoms with Crippen LogP contribution in [-0.4, -0.2) is 35.1 Å². The van der Waals surface area contributed by atoms with Crippen molar-refractivity contribution in [2.75, 3.05) is 4.90 Å². The van der Waals surface area contributed by atoms with Crippen LogP contribution in [0.1, 0.15) is 77.6 Å². The van der Waals surface area contributed by atoms with Crippen LogP contribution in [0.15, 0.2) is 30.3 Å². The number of imide groups is 1. The Hall–Kier alpha value is -1.72. The monoisotopic (exact) mass is 400 g/mol. The summed E-state index contributed by atoms with van der Waals surface area (Å²) >= 11 is 0. The van der Waals surface area contributed by atoms with Crippen molar-refractivity contribution in [3.05, 3.63) is 30.3 Å². The summed E-state index contributed by atoms with van der Waals surface area (Å²) in [5, 5.41) is 13.9. The fourth-order valence-electron chi connectivity index (χ4n) is 4.70. The van der Waals surface area contributed by atoms with E-state index in [2.05, 4.69) is 12.2 Å². The van der Waals surface area contributed by atoms with E-state index in [0.29, 0.717) is 12.1 Å². The summed E-state index contributed by atoms with van der Waals surface area (Å²) in [5.74, 6) is -0.612. The lowest BCUT2D eigenvalue weighted by atomic mass is 9.86. The van der Waals surface area contributed by atoms with E-state index in [1.165, 1.54) is 43.4 Å². The van der Waals surface area contributed by atoms with Gasteiger partial charge in [0, 0.05) is 6.04 Å². The maximum atomic E-state index is 12.9. The van der Waals surface area contributed by atoms with Gasteiger partial charge in [-0.25, -0.2) is 4.90 Å². The number of aliphatic hydroxyl groups is 1. The lowest BCUT2D eigenvalue weighted by molar-refractivity contribution is -0.122. The van der Waals surface area contributed by atoms with Gasteiger partial charge in [-0.2, -0.15) is 0 Å². The molecule has 0 spiro atoms. The Bertz CT molecular complexity index is 663. The topological polar surface area (TPSA) is 69.6 Å². The molecule has 3 rings (SSSR count). The van der Waals surface area contributed by atoms with Gasteiger partial charge >= 0.3 is 0 Å². The van der Waals surface area contributed by atoms with Gasteiger partial charge in [0.1, 0.15) is 0 Å². The van der Waals surface area contributed by atoms with Gasteiger partial charge in [-0.3, -0.25) is 14.9 Å². The first-order valence-corrected chi connectivity index (χ1v) is 11.5. The van der Waals surface area contributed by atoms with Crippen molar-refractivity contribution in [3.63, 3.8) is 0 Å². The van der Waals surface area contributed by atoms with E-state index in [4.69, 9.17) is 0 Å². The Balaban J connectivity index is 1.44. The number of nitrogens with one attached hydrogen (secondary N) is 1. The maximum absolute atomic E-state index is 12.9. The third kappa shape index (κ3) is 5.46. The molecule has 29 heavy (non-hydrogen) atoms. The van der Waals surface area contributed by atoms with Crippen molar-refractivity contribution in [1.29, 1.82) is 0 Å². The predicted molar refractivity (Wildman–Crippen MR) is 116 cm³/mol. The number of amides is 2. The number of fused-ring (bicyclic) bond motifs is 1. The van der Waals surface area contributed by atoms with Crippen molar-refractivity contribution in [3.8, 4) is 0 Å². The Morgan fingerprint density at radius 3 is 2.31 bits per heavy atom. The number of aliphatic hydroxyl groups excluding tert-OH is 1. The van der Waals surface area contributed by atoms with Crippen molar-refractivity contribution in [2.24, 2.45) is 5.92 Å². The molecule has 2 amide bonds. The molecule has 0 bridgehead atoms. The first kappa shape index (κ1) is 22.0. The van der Waals surface area contributed by atoms with Gasteiger partial charge in [-0.1, -0.05) is 76.5 Å². The second-order valence-corrected chi connectivity index (χ2v) is 8.61. The van der Waals surface area contributed by atoms with Gasteiger partial charge in [-0.15, -0.1) is 0 Å². The number of anilines is 1. The van der Waals surface area contributed by atoms with Crippen LogP contribution in [0.3, 0.4) is 0 Å². The zero-order valence-electron chi connectivity index (χ0n) is 17.7. The number of carbonyl (C=O) groups is 2. The van der Waals surface area contributed by atoms with Crippen LogP contribution in [0, 0.1) is 5.92 Å². The van der Waals surface area contributed by atoms with Gasteiger partial charge < -0.3 is 5.11 Å². The highest BCUT2D eigenvalue weighted by atomic mass is 16.3. The molecule has 1 aromatic rings. The lowest BCUT2D eigenvalue weighted by Gasteiger charge is -2.33. The minimum absolute atomic E-state index is 0.103. The molecule has 0 radical (unpaired) electrons. The molecule has 5 nitrogen and oxygen atoms in total. The van der Waals surface area contributed by atoms with E-state index in [1.54, 1.807) is 12.1 Å².